The van der Waals surface area contributed by atoms with Crippen molar-refractivity contribution in [2.45, 2.75) is 65.2 Å². The van der Waals surface area contributed by atoms with Crippen molar-refractivity contribution in [3.8, 4) is 0 Å². The predicted molar refractivity (Wildman–Crippen MR) is 109 cm³/mol. The van der Waals surface area contributed by atoms with Gasteiger partial charge in [0.05, 0.1) is 12.0 Å². The second-order valence-corrected chi connectivity index (χ2v) is 8.26. The van der Waals surface area contributed by atoms with Gasteiger partial charge in [0.15, 0.2) is 0 Å². The first-order valence-electron chi connectivity index (χ1n) is 10.3. The lowest BCUT2D eigenvalue weighted by Crippen LogP contribution is -2.44. The number of esters is 2. The van der Waals surface area contributed by atoms with Gasteiger partial charge in [0, 0.05) is 10.9 Å². The van der Waals surface area contributed by atoms with Gasteiger partial charge in [0.25, 0.3) is 0 Å². The topological polar surface area (TPSA) is 52.6 Å². The molecule has 4 nitrogen and oxygen atoms in total. The lowest BCUT2D eigenvalue weighted by molar-refractivity contribution is -0.164. The molecule has 0 saturated heterocycles. The van der Waals surface area contributed by atoms with Crippen molar-refractivity contribution in [2.75, 3.05) is 6.61 Å². The van der Waals surface area contributed by atoms with Gasteiger partial charge in [0.1, 0.15) is 11.2 Å². The van der Waals surface area contributed by atoms with Crippen LogP contribution in [0.5, 0.6) is 0 Å². The average molecular weight is 405 g/mol. The number of hydrogen-bond donors (Lipinski definition) is 0. The van der Waals surface area contributed by atoms with Gasteiger partial charge in [-0.1, -0.05) is 50.4 Å². The smallest absolute Gasteiger partial charge is 0.319 e. The quantitative estimate of drug-likeness (QED) is 0.562. The Morgan fingerprint density at radius 2 is 1.79 bits per heavy atom. The second-order valence-electron chi connectivity index (χ2n) is 7.82. The highest BCUT2D eigenvalue weighted by atomic mass is 35.5. The largest absolute Gasteiger partial charge is 0.465 e. The number of hydrogen-bond acceptors (Lipinski definition) is 4. The van der Waals surface area contributed by atoms with E-state index in [0.29, 0.717) is 30.2 Å². The number of allylic oxidation sites excluding steroid dienone is 1. The number of benzene rings is 1. The van der Waals surface area contributed by atoms with E-state index in [1.54, 1.807) is 6.92 Å². The van der Waals surface area contributed by atoms with Crippen molar-refractivity contribution < 1.29 is 19.1 Å². The fraction of sp³-hybridized carbons (Fsp3) is 0.565. The van der Waals surface area contributed by atoms with Crippen molar-refractivity contribution in [3.05, 3.63) is 46.7 Å². The molecule has 1 aromatic rings. The van der Waals surface area contributed by atoms with E-state index in [1.165, 1.54) is 0 Å². The van der Waals surface area contributed by atoms with Gasteiger partial charge < -0.3 is 9.47 Å². The molecule has 1 heterocycles. The normalized spacial score (nSPS) is 21.4. The molecule has 1 fully saturated rings. The molecule has 0 N–H and O–H groups in total. The molecule has 1 aliphatic carbocycles. The molecule has 1 aliphatic heterocycles. The zero-order valence-corrected chi connectivity index (χ0v) is 17.7. The molecule has 2 aliphatic rings. The highest BCUT2D eigenvalue weighted by Gasteiger charge is 2.55. The van der Waals surface area contributed by atoms with E-state index in [4.69, 9.17) is 21.1 Å². The standard InChI is InChI=1S/C23H29ClO4/c1-4-22(5-2,20(25)27-6-3)19-15-18(16-9-11-17(24)12-10-16)23(21(26)28-19)13-7-8-14-23/h9-12,15,18H,4-8,13-14H2,1-3H3. The molecule has 152 valence electrons. The Hall–Kier alpha value is -1.81. The molecular weight excluding hydrogens is 376 g/mol. The molecule has 0 radical (unpaired) electrons. The first-order chi connectivity index (χ1) is 13.4. The fourth-order valence-corrected chi connectivity index (χ4v) is 4.92. The van der Waals surface area contributed by atoms with Crippen LogP contribution >= 0.6 is 11.6 Å². The van der Waals surface area contributed by atoms with Gasteiger partial charge in [-0.3, -0.25) is 9.59 Å². The van der Waals surface area contributed by atoms with Gasteiger partial charge in [-0.2, -0.15) is 0 Å². The molecule has 1 saturated carbocycles. The average Bonchev–Trinajstić information content (AvgIpc) is 3.18. The summed E-state index contributed by atoms with van der Waals surface area (Å²) >= 11 is 6.08. The summed E-state index contributed by atoms with van der Waals surface area (Å²) in [5.41, 5.74) is -0.458. The minimum absolute atomic E-state index is 0.129. The van der Waals surface area contributed by atoms with Crippen molar-refractivity contribution in [2.24, 2.45) is 10.8 Å². The van der Waals surface area contributed by atoms with Crippen LogP contribution < -0.4 is 0 Å². The van der Waals surface area contributed by atoms with Crippen molar-refractivity contribution >= 4 is 23.5 Å². The zero-order valence-electron chi connectivity index (χ0n) is 16.9. The molecule has 3 rings (SSSR count). The van der Waals surface area contributed by atoms with Gasteiger partial charge >= 0.3 is 11.9 Å². The molecule has 5 heteroatoms. The number of ether oxygens (including phenoxy) is 2. The third-order valence-corrected chi connectivity index (χ3v) is 6.84. The summed E-state index contributed by atoms with van der Waals surface area (Å²) in [4.78, 5) is 26.2. The Balaban J connectivity index is 2.13. The van der Waals surface area contributed by atoms with E-state index in [0.717, 1.165) is 31.2 Å². The highest BCUT2D eigenvalue weighted by Crippen LogP contribution is 2.55. The molecule has 1 atom stereocenters. The minimum atomic E-state index is -0.934. The summed E-state index contributed by atoms with van der Waals surface area (Å²) in [6.45, 7) is 5.96. The minimum Gasteiger partial charge on any atom is -0.465 e. The van der Waals surface area contributed by atoms with Gasteiger partial charge in [0.2, 0.25) is 0 Å². The van der Waals surface area contributed by atoms with Crippen LogP contribution in [-0.2, 0) is 19.1 Å². The Morgan fingerprint density at radius 3 is 2.32 bits per heavy atom. The lowest BCUT2D eigenvalue weighted by Gasteiger charge is -2.42. The number of halogens is 1. The Kier molecular flexibility index (Phi) is 6.18. The number of carbonyl (C=O) groups is 2. The van der Waals surface area contributed by atoms with Crippen LogP contribution in [0.4, 0.5) is 0 Å². The molecule has 1 spiro atoms. The third kappa shape index (κ3) is 3.36. The van der Waals surface area contributed by atoms with Crippen LogP contribution in [0.2, 0.25) is 5.02 Å². The number of rotatable bonds is 6. The molecule has 0 aromatic heterocycles. The van der Waals surface area contributed by atoms with E-state index in [-0.39, 0.29) is 17.9 Å². The molecule has 1 aromatic carbocycles. The summed E-state index contributed by atoms with van der Waals surface area (Å²) in [5, 5.41) is 0.662. The highest BCUT2D eigenvalue weighted by molar-refractivity contribution is 6.30. The Morgan fingerprint density at radius 1 is 1.18 bits per heavy atom. The van der Waals surface area contributed by atoms with E-state index < -0.39 is 10.8 Å². The Labute approximate surface area is 172 Å². The van der Waals surface area contributed by atoms with Crippen LogP contribution in [0.15, 0.2) is 36.1 Å². The summed E-state index contributed by atoms with van der Waals surface area (Å²) in [6, 6.07) is 7.66. The SMILES string of the molecule is CCOC(=O)C(CC)(CC)C1=CC(c2ccc(Cl)cc2)C2(CCCC2)C(=O)O1. The third-order valence-electron chi connectivity index (χ3n) is 6.59. The van der Waals surface area contributed by atoms with Crippen molar-refractivity contribution in [3.63, 3.8) is 0 Å². The van der Waals surface area contributed by atoms with Crippen LogP contribution in [0, 0.1) is 10.8 Å². The van der Waals surface area contributed by atoms with Crippen LogP contribution in [0.1, 0.15) is 70.8 Å². The first-order valence-corrected chi connectivity index (χ1v) is 10.7. The molecule has 0 amide bonds. The molecule has 1 unspecified atom stereocenters. The van der Waals surface area contributed by atoms with E-state index in [2.05, 4.69) is 0 Å². The van der Waals surface area contributed by atoms with Crippen molar-refractivity contribution in [1.29, 1.82) is 0 Å². The predicted octanol–water partition coefficient (Wildman–Crippen LogP) is 5.79. The number of cyclic esters (lactones) is 1. The summed E-state index contributed by atoms with van der Waals surface area (Å²) in [7, 11) is 0. The van der Waals surface area contributed by atoms with E-state index >= 15 is 0 Å². The molecular formula is C23H29ClO4. The van der Waals surface area contributed by atoms with E-state index in [1.807, 2.05) is 44.2 Å². The van der Waals surface area contributed by atoms with E-state index in [9.17, 15) is 9.59 Å². The first kappa shape index (κ1) is 20.9. The summed E-state index contributed by atoms with van der Waals surface area (Å²) in [5.74, 6) is -0.219. The zero-order chi connectivity index (χ0) is 20.4. The maximum atomic E-state index is 13.3. The fourth-order valence-electron chi connectivity index (χ4n) is 4.79. The van der Waals surface area contributed by atoms with Crippen LogP contribution in [-0.4, -0.2) is 18.5 Å². The molecule has 0 bridgehead atoms. The maximum Gasteiger partial charge on any atom is 0.319 e. The van der Waals surface area contributed by atoms with Gasteiger partial charge in [-0.05, 0) is 56.4 Å². The maximum absolute atomic E-state index is 13.3. The Bertz CT molecular complexity index is 755. The van der Waals surface area contributed by atoms with Gasteiger partial charge in [-0.25, -0.2) is 0 Å². The van der Waals surface area contributed by atoms with Crippen molar-refractivity contribution in [1.82, 2.24) is 0 Å². The lowest BCUT2D eigenvalue weighted by atomic mass is 9.67. The summed E-state index contributed by atoms with van der Waals surface area (Å²) in [6.07, 6.45) is 6.66. The summed E-state index contributed by atoms with van der Waals surface area (Å²) < 4.78 is 11.3. The van der Waals surface area contributed by atoms with Gasteiger partial charge in [-0.15, -0.1) is 0 Å². The monoisotopic (exact) mass is 404 g/mol. The molecule has 28 heavy (non-hydrogen) atoms. The second kappa shape index (κ2) is 8.28. The van der Waals surface area contributed by atoms with Crippen LogP contribution in [0.25, 0.3) is 0 Å². The van der Waals surface area contributed by atoms with Crippen LogP contribution in [0.3, 0.4) is 0 Å². The number of carbonyl (C=O) groups excluding carboxylic acids is 2.